The molecule has 0 radical (unpaired) electrons. The molecule has 0 aliphatic heterocycles. The predicted octanol–water partition coefficient (Wildman–Crippen LogP) is 3.24. The molecule has 0 saturated carbocycles. The van der Waals surface area contributed by atoms with Crippen LogP contribution in [0.5, 0.6) is 0 Å². The predicted molar refractivity (Wildman–Crippen MR) is 87.7 cm³/mol. The number of carbonyl (C=O) groups is 1. The zero-order valence-electron chi connectivity index (χ0n) is 12.4. The second kappa shape index (κ2) is 6.71. The molecular formula is C18H14NO3S-. The van der Waals surface area contributed by atoms with Crippen LogP contribution in [0.15, 0.2) is 70.3 Å². The molecule has 0 fully saturated rings. The lowest BCUT2D eigenvalue weighted by molar-refractivity contribution is -0.304. The van der Waals surface area contributed by atoms with E-state index in [4.69, 9.17) is 4.42 Å². The molecule has 1 heterocycles. The number of benzene rings is 2. The fourth-order valence-corrected chi connectivity index (χ4v) is 2.80. The Labute approximate surface area is 138 Å². The van der Waals surface area contributed by atoms with Gasteiger partial charge in [-0.25, -0.2) is 4.98 Å². The van der Waals surface area contributed by atoms with Gasteiger partial charge in [0.2, 0.25) is 0 Å². The van der Waals surface area contributed by atoms with E-state index in [0.29, 0.717) is 16.7 Å². The van der Waals surface area contributed by atoms with E-state index in [1.54, 1.807) is 6.92 Å². The summed E-state index contributed by atoms with van der Waals surface area (Å²) in [5.74, 6) is -0.513. The molecule has 4 nitrogen and oxygen atoms in total. The van der Waals surface area contributed by atoms with Crippen LogP contribution in [0.4, 0.5) is 0 Å². The molecule has 0 amide bonds. The molecule has 116 valence electrons. The van der Waals surface area contributed by atoms with Gasteiger partial charge in [0.1, 0.15) is 5.69 Å². The highest BCUT2D eigenvalue weighted by molar-refractivity contribution is 8.00. The number of oxazole rings is 1. The molecular weight excluding hydrogens is 310 g/mol. The van der Waals surface area contributed by atoms with Crippen LogP contribution in [0.3, 0.4) is 0 Å². The van der Waals surface area contributed by atoms with Crippen LogP contribution in [0.1, 0.15) is 6.92 Å². The summed E-state index contributed by atoms with van der Waals surface area (Å²) < 4.78 is 5.84. The summed E-state index contributed by atoms with van der Waals surface area (Å²) in [4.78, 5) is 15.4. The van der Waals surface area contributed by atoms with Gasteiger partial charge in [-0.1, -0.05) is 72.4 Å². The Kier molecular flexibility index (Phi) is 4.48. The second-order valence-electron chi connectivity index (χ2n) is 4.97. The third kappa shape index (κ3) is 3.46. The number of thioether (sulfide) groups is 1. The van der Waals surface area contributed by atoms with Crippen molar-refractivity contribution in [3.63, 3.8) is 0 Å². The Bertz CT molecular complexity index is 743. The SMILES string of the molecule is C[C@@H](Sc1nc(-c2ccccc2)c(-c2ccccc2)o1)C(=O)[O-]. The van der Waals surface area contributed by atoms with E-state index >= 15 is 0 Å². The lowest BCUT2D eigenvalue weighted by Crippen LogP contribution is -2.31. The van der Waals surface area contributed by atoms with E-state index in [-0.39, 0.29) is 0 Å². The zero-order valence-corrected chi connectivity index (χ0v) is 13.2. The van der Waals surface area contributed by atoms with Crippen molar-refractivity contribution in [3.05, 3.63) is 60.7 Å². The van der Waals surface area contributed by atoms with Gasteiger partial charge < -0.3 is 14.3 Å². The third-order valence-corrected chi connectivity index (χ3v) is 4.22. The van der Waals surface area contributed by atoms with Crippen molar-refractivity contribution in [1.29, 1.82) is 0 Å². The normalized spacial score (nSPS) is 12.0. The van der Waals surface area contributed by atoms with Gasteiger partial charge in [-0.2, -0.15) is 0 Å². The molecule has 23 heavy (non-hydrogen) atoms. The molecule has 0 saturated heterocycles. The first-order chi connectivity index (χ1) is 11.1. The average Bonchev–Trinajstić information content (AvgIpc) is 3.00. The minimum atomic E-state index is -1.14. The first-order valence-electron chi connectivity index (χ1n) is 7.14. The molecule has 3 rings (SSSR count). The van der Waals surface area contributed by atoms with Crippen LogP contribution >= 0.6 is 11.8 Å². The van der Waals surface area contributed by atoms with Crippen LogP contribution in [0.2, 0.25) is 0 Å². The maximum atomic E-state index is 10.9. The number of aliphatic carboxylic acids is 1. The summed E-state index contributed by atoms with van der Waals surface area (Å²) in [5.41, 5.74) is 2.51. The van der Waals surface area contributed by atoms with Gasteiger partial charge in [-0.05, 0) is 6.92 Å². The van der Waals surface area contributed by atoms with Crippen molar-refractivity contribution in [2.75, 3.05) is 0 Å². The first kappa shape index (κ1) is 15.4. The Morgan fingerprint density at radius 1 is 1.04 bits per heavy atom. The number of rotatable bonds is 5. The zero-order chi connectivity index (χ0) is 16.2. The highest BCUT2D eigenvalue weighted by Crippen LogP contribution is 2.36. The standard InChI is InChI=1S/C18H15NO3S/c1-12(17(20)21)23-18-19-15(13-8-4-2-5-9-13)16(22-18)14-10-6-3-7-11-14/h2-12H,1H3,(H,20,21)/p-1/t12-/m1/s1. The van der Waals surface area contributed by atoms with Crippen LogP contribution in [-0.4, -0.2) is 16.2 Å². The first-order valence-corrected chi connectivity index (χ1v) is 8.02. The van der Waals surface area contributed by atoms with Crippen LogP contribution in [-0.2, 0) is 4.79 Å². The van der Waals surface area contributed by atoms with E-state index in [2.05, 4.69) is 4.98 Å². The van der Waals surface area contributed by atoms with E-state index in [0.717, 1.165) is 22.9 Å². The van der Waals surface area contributed by atoms with Gasteiger partial charge in [-0.15, -0.1) is 0 Å². The van der Waals surface area contributed by atoms with E-state index < -0.39 is 11.2 Å². The van der Waals surface area contributed by atoms with Crippen molar-refractivity contribution < 1.29 is 14.3 Å². The number of carbonyl (C=O) groups excluding carboxylic acids is 1. The largest absolute Gasteiger partial charge is 0.549 e. The number of hydrogen-bond donors (Lipinski definition) is 0. The molecule has 0 N–H and O–H groups in total. The van der Waals surface area contributed by atoms with Gasteiger partial charge in [0, 0.05) is 11.1 Å². The molecule has 1 aromatic heterocycles. The van der Waals surface area contributed by atoms with Crippen molar-refractivity contribution in [3.8, 4) is 22.6 Å². The molecule has 5 heteroatoms. The molecule has 0 bridgehead atoms. The number of aromatic nitrogens is 1. The van der Waals surface area contributed by atoms with Gasteiger partial charge >= 0.3 is 0 Å². The second-order valence-corrected chi connectivity index (χ2v) is 6.26. The Morgan fingerprint density at radius 2 is 1.61 bits per heavy atom. The molecule has 0 aliphatic rings. The van der Waals surface area contributed by atoms with Gasteiger partial charge in [0.05, 0.1) is 11.2 Å². The quantitative estimate of drug-likeness (QED) is 0.674. The topological polar surface area (TPSA) is 66.2 Å². The number of carboxylic acids is 1. The van der Waals surface area contributed by atoms with Crippen molar-refractivity contribution in [1.82, 2.24) is 4.98 Å². The van der Waals surface area contributed by atoms with E-state index in [1.165, 1.54) is 0 Å². The lowest BCUT2D eigenvalue weighted by Gasteiger charge is -2.08. The monoisotopic (exact) mass is 324 g/mol. The van der Waals surface area contributed by atoms with E-state index in [9.17, 15) is 9.90 Å². The maximum absolute atomic E-state index is 10.9. The molecule has 0 spiro atoms. The molecule has 0 aliphatic carbocycles. The third-order valence-electron chi connectivity index (χ3n) is 3.30. The van der Waals surface area contributed by atoms with Gasteiger partial charge in [0.25, 0.3) is 5.22 Å². The Morgan fingerprint density at radius 3 is 2.17 bits per heavy atom. The smallest absolute Gasteiger partial charge is 0.257 e. The fourth-order valence-electron chi connectivity index (χ4n) is 2.13. The number of nitrogens with zero attached hydrogens (tertiary/aromatic N) is 1. The Hall–Kier alpha value is -2.53. The summed E-state index contributed by atoms with van der Waals surface area (Å²) in [7, 11) is 0. The number of carboxylic acid groups (broad SMARTS) is 1. The fraction of sp³-hybridized carbons (Fsp3) is 0.111. The summed E-state index contributed by atoms with van der Waals surface area (Å²) in [6.45, 7) is 1.55. The van der Waals surface area contributed by atoms with Crippen LogP contribution in [0, 0.1) is 0 Å². The van der Waals surface area contributed by atoms with Crippen molar-refractivity contribution in [2.45, 2.75) is 17.4 Å². The summed E-state index contributed by atoms with van der Waals surface area (Å²) in [5, 5.41) is 10.5. The molecule has 0 unspecified atom stereocenters. The molecule has 3 aromatic rings. The van der Waals surface area contributed by atoms with Crippen LogP contribution in [0.25, 0.3) is 22.6 Å². The minimum absolute atomic E-state index is 0.319. The van der Waals surface area contributed by atoms with Crippen LogP contribution < -0.4 is 5.11 Å². The maximum Gasteiger partial charge on any atom is 0.257 e. The van der Waals surface area contributed by atoms with Crippen molar-refractivity contribution >= 4 is 17.7 Å². The highest BCUT2D eigenvalue weighted by Gasteiger charge is 2.18. The lowest BCUT2D eigenvalue weighted by atomic mass is 10.1. The highest BCUT2D eigenvalue weighted by atomic mass is 32.2. The number of hydrogen-bond acceptors (Lipinski definition) is 5. The summed E-state index contributed by atoms with van der Waals surface area (Å²) in [6, 6.07) is 19.3. The van der Waals surface area contributed by atoms with Gasteiger partial charge in [-0.3, -0.25) is 0 Å². The summed E-state index contributed by atoms with van der Waals surface area (Å²) in [6.07, 6.45) is 0. The molecule has 1 atom stereocenters. The van der Waals surface area contributed by atoms with Crippen molar-refractivity contribution in [2.24, 2.45) is 0 Å². The summed E-state index contributed by atoms with van der Waals surface area (Å²) >= 11 is 1.04. The van der Waals surface area contributed by atoms with Gasteiger partial charge in [0.15, 0.2) is 5.76 Å². The average molecular weight is 324 g/mol. The minimum Gasteiger partial charge on any atom is -0.549 e. The molecule has 2 aromatic carbocycles. The van der Waals surface area contributed by atoms with E-state index in [1.807, 2.05) is 60.7 Å². The Balaban J connectivity index is 2.06.